The Morgan fingerprint density at radius 2 is 2.22 bits per heavy atom. The molecule has 43 valence electrons. The molecule has 1 heteroatoms. The number of hydrogen-bond donors (Lipinski definition) is 0. The van der Waals surface area contributed by atoms with Crippen LogP contribution in [-0.2, 0) is 0 Å². The van der Waals surface area contributed by atoms with Crippen molar-refractivity contribution >= 4 is 11.6 Å². The molecule has 0 heterocycles. The van der Waals surface area contributed by atoms with Crippen molar-refractivity contribution in [3.8, 4) is 5.92 Å². The highest BCUT2D eigenvalue weighted by molar-refractivity contribution is 6.30. The Kier molecular flexibility index (Phi) is 1.77. The predicted octanol–water partition coefficient (Wildman–Crippen LogP) is 2.28. The standard InChI is InChI=1S/C8H4Cl/c1-2-7-4-3-5-8(9)6-7/h3-6H. The summed E-state index contributed by atoms with van der Waals surface area (Å²) in [5.41, 5.74) is 0.711. The average molecular weight is 136 g/mol. The van der Waals surface area contributed by atoms with Gasteiger partial charge in [-0.3, -0.25) is 0 Å². The molecule has 0 N–H and O–H groups in total. The van der Waals surface area contributed by atoms with Gasteiger partial charge in [0.1, 0.15) is 0 Å². The fourth-order valence-corrected chi connectivity index (χ4v) is 0.757. The van der Waals surface area contributed by atoms with E-state index in [0.29, 0.717) is 10.6 Å². The topological polar surface area (TPSA) is 0 Å². The Hall–Kier alpha value is -0.930. The monoisotopic (exact) mass is 135 g/mol. The molecule has 0 aliphatic carbocycles. The first kappa shape index (κ1) is 6.19. The van der Waals surface area contributed by atoms with E-state index in [4.69, 9.17) is 18.0 Å². The Morgan fingerprint density at radius 3 is 2.67 bits per heavy atom. The van der Waals surface area contributed by atoms with Crippen LogP contribution in [0, 0.1) is 12.3 Å². The maximum Gasteiger partial charge on any atom is 0.0418 e. The molecule has 0 bridgehead atoms. The van der Waals surface area contributed by atoms with Crippen LogP contribution in [0.3, 0.4) is 0 Å². The third kappa shape index (κ3) is 1.48. The van der Waals surface area contributed by atoms with Gasteiger partial charge < -0.3 is 0 Å². The van der Waals surface area contributed by atoms with Gasteiger partial charge in [-0.05, 0) is 24.6 Å². The van der Waals surface area contributed by atoms with Crippen LogP contribution in [0.1, 0.15) is 5.56 Å². The summed E-state index contributed by atoms with van der Waals surface area (Å²) < 4.78 is 0. The summed E-state index contributed by atoms with van der Waals surface area (Å²) in [4.78, 5) is 0. The van der Waals surface area contributed by atoms with Crippen molar-refractivity contribution in [2.75, 3.05) is 0 Å². The van der Waals surface area contributed by atoms with E-state index in [1.165, 1.54) is 0 Å². The van der Waals surface area contributed by atoms with Gasteiger partial charge in [0, 0.05) is 10.6 Å². The van der Waals surface area contributed by atoms with E-state index in [1.54, 1.807) is 24.3 Å². The van der Waals surface area contributed by atoms with E-state index in [1.807, 2.05) is 0 Å². The highest BCUT2D eigenvalue weighted by Gasteiger charge is 1.86. The lowest BCUT2D eigenvalue weighted by atomic mass is 10.2. The Balaban J connectivity index is 3.12. The summed E-state index contributed by atoms with van der Waals surface area (Å²) in [6.07, 6.45) is 6.73. The first-order valence-electron chi connectivity index (χ1n) is 2.51. The van der Waals surface area contributed by atoms with Crippen LogP contribution < -0.4 is 0 Å². The zero-order valence-corrected chi connectivity index (χ0v) is 5.44. The van der Waals surface area contributed by atoms with Crippen molar-refractivity contribution in [1.29, 1.82) is 0 Å². The molecule has 1 radical (unpaired) electrons. The molecule has 9 heavy (non-hydrogen) atoms. The number of halogens is 1. The Bertz CT molecular complexity index is 245. The lowest BCUT2D eigenvalue weighted by Gasteiger charge is -1.88. The summed E-state index contributed by atoms with van der Waals surface area (Å²) in [6, 6.07) is 7.02. The summed E-state index contributed by atoms with van der Waals surface area (Å²) >= 11 is 5.60. The maximum atomic E-state index is 6.73. The Labute approximate surface area is 59.5 Å². The molecule has 1 rings (SSSR count). The zero-order valence-electron chi connectivity index (χ0n) is 4.69. The van der Waals surface area contributed by atoms with Gasteiger partial charge in [-0.15, -0.1) is 0 Å². The minimum atomic E-state index is 0.646. The summed E-state index contributed by atoms with van der Waals surface area (Å²) in [7, 11) is 0. The minimum absolute atomic E-state index is 0.646. The van der Waals surface area contributed by atoms with Gasteiger partial charge in [0.05, 0.1) is 0 Å². The lowest BCUT2D eigenvalue weighted by molar-refractivity contribution is 1.65. The van der Waals surface area contributed by atoms with Gasteiger partial charge in [0.25, 0.3) is 0 Å². The number of rotatable bonds is 0. The zero-order chi connectivity index (χ0) is 6.69. The van der Waals surface area contributed by atoms with E-state index in [-0.39, 0.29) is 0 Å². The molecule has 1 aromatic rings. The first-order chi connectivity index (χ1) is 4.33. The SMILES string of the molecule is [C]#Cc1cccc(Cl)c1. The number of hydrogen-bond acceptors (Lipinski definition) is 0. The molecule has 0 saturated carbocycles. The smallest absolute Gasteiger partial charge is 0.0418 e. The molecule has 0 nitrogen and oxygen atoms in total. The van der Waals surface area contributed by atoms with Crippen molar-refractivity contribution in [3.05, 3.63) is 41.3 Å². The fraction of sp³-hybridized carbons (Fsp3) is 0. The molecule has 1 aromatic carbocycles. The maximum absolute atomic E-state index is 6.73. The molecule has 0 spiro atoms. The van der Waals surface area contributed by atoms with Crippen molar-refractivity contribution in [2.24, 2.45) is 0 Å². The molecule has 0 saturated heterocycles. The summed E-state index contributed by atoms with van der Waals surface area (Å²) in [5.74, 6) is 2.23. The fourth-order valence-electron chi connectivity index (χ4n) is 0.566. The second-order valence-corrected chi connectivity index (χ2v) is 2.07. The molecule has 0 aliphatic heterocycles. The van der Waals surface area contributed by atoms with Gasteiger partial charge >= 0.3 is 0 Å². The van der Waals surface area contributed by atoms with E-state index in [2.05, 4.69) is 5.92 Å². The largest absolute Gasteiger partial charge is 0.0843 e. The number of benzene rings is 1. The molecule has 0 fully saturated rings. The van der Waals surface area contributed by atoms with Gasteiger partial charge in [0.15, 0.2) is 0 Å². The van der Waals surface area contributed by atoms with Gasteiger partial charge in [-0.25, -0.2) is 0 Å². The third-order valence-electron chi connectivity index (χ3n) is 0.969. The van der Waals surface area contributed by atoms with Crippen LogP contribution in [0.25, 0.3) is 0 Å². The molecule has 0 unspecified atom stereocenters. The molecule has 0 aliphatic rings. The summed E-state index contributed by atoms with van der Waals surface area (Å²) in [6.45, 7) is 0. The van der Waals surface area contributed by atoms with E-state index in [9.17, 15) is 0 Å². The normalized spacial score (nSPS) is 8.44. The lowest BCUT2D eigenvalue weighted by Crippen LogP contribution is -1.69. The van der Waals surface area contributed by atoms with Gasteiger partial charge in [0.2, 0.25) is 0 Å². The molecule has 0 amide bonds. The van der Waals surface area contributed by atoms with Crippen LogP contribution in [0.5, 0.6) is 0 Å². The van der Waals surface area contributed by atoms with Crippen LogP contribution in [0.4, 0.5) is 0 Å². The van der Waals surface area contributed by atoms with E-state index >= 15 is 0 Å². The van der Waals surface area contributed by atoms with Crippen molar-refractivity contribution in [3.63, 3.8) is 0 Å². The van der Waals surface area contributed by atoms with E-state index < -0.39 is 0 Å². The minimum Gasteiger partial charge on any atom is -0.0843 e. The van der Waals surface area contributed by atoms with Crippen molar-refractivity contribution in [2.45, 2.75) is 0 Å². The molecular formula is C8H4Cl. The first-order valence-corrected chi connectivity index (χ1v) is 2.89. The van der Waals surface area contributed by atoms with Crippen molar-refractivity contribution in [1.82, 2.24) is 0 Å². The predicted molar refractivity (Wildman–Crippen MR) is 37.7 cm³/mol. The highest BCUT2D eigenvalue weighted by Crippen LogP contribution is 2.08. The second-order valence-electron chi connectivity index (χ2n) is 1.64. The van der Waals surface area contributed by atoms with Crippen LogP contribution in [-0.4, -0.2) is 0 Å². The second kappa shape index (κ2) is 2.57. The average Bonchev–Trinajstić information content (AvgIpc) is 1.88. The third-order valence-corrected chi connectivity index (χ3v) is 1.20. The van der Waals surface area contributed by atoms with Crippen LogP contribution in [0.2, 0.25) is 5.02 Å². The van der Waals surface area contributed by atoms with Crippen molar-refractivity contribution < 1.29 is 0 Å². The van der Waals surface area contributed by atoms with Crippen LogP contribution >= 0.6 is 11.6 Å². The highest BCUT2D eigenvalue weighted by atomic mass is 35.5. The molecular weight excluding hydrogens is 132 g/mol. The molecule has 0 atom stereocenters. The van der Waals surface area contributed by atoms with Gasteiger partial charge in [-0.2, -0.15) is 0 Å². The quantitative estimate of drug-likeness (QED) is 0.479. The van der Waals surface area contributed by atoms with E-state index in [0.717, 1.165) is 0 Å². The summed E-state index contributed by atoms with van der Waals surface area (Å²) in [5, 5.41) is 0.646. The molecule has 0 aromatic heterocycles. The Morgan fingerprint density at radius 1 is 1.44 bits per heavy atom. The van der Waals surface area contributed by atoms with Crippen LogP contribution in [0.15, 0.2) is 24.3 Å². The van der Waals surface area contributed by atoms with Gasteiger partial charge in [-0.1, -0.05) is 23.6 Å².